The van der Waals surface area contributed by atoms with E-state index < -0.39 is 10.8 Å². The van der Waals surface area contributed by atoms with E-state index in [1.54, 1.807) is 6.92 Å². The lowest BCUT2D eigenvalue weighted by Gasteiger charge is -2.09. The molecule has 0 saturated heterocycles. The van der Waals surface area contributed by atoms with Gasteiger partial charge < -0.3 is 20.0 Å². The number of hydrogen-bond acceptors (Lipinski definition) is 6. The van der Waals surface area contributed by atoms with Crippen LogP contribution in [0.25, 0.3) is 0 Å². The fourth-order valence-corrected chi connectivity index (χ4v) is 2.52. The van der Waals surface area contributed by atoms with E-state index in [-0.39, 0.29) is 18.1 Å². The molecule has 1 N–H and O–H groups in total. The normalized spacial score (nSPS) is 10.7. The van der Waals surface area contributed by atoms with Crippen LogP contribution in [-0.4, -0.2) is 25.8 Å². The Morgan fingerprint density at radius 3 is 2.77 bits per heavy atom. The Balaban J connectivity index is 1.85. The first kappa shape index (κ1) is 17.3. The molecule has 9 heteroatoms. The lowest BCUT2D eigenvalue weighted by Crippen LogP contribution is -2.16. The first-order valence-corrected chi connectivity index (χ1v) is 7.87. The van der Waals surface area contributed by atoms with Crippen molar-refractivity contribution in [1.82, 2.24) is 14.9 Å². The van der Waals surface area contributed by atoms with Crippen molar-refractivity contribution >= 4 is 17.4 Å². The van der Waals surface area contributed by atoms with Crippen molar-refractivity contribution in [1.29, 1.82) is 0 Å². The second-order valence-corrected chi connectivity index (χ2v) is 5.90. The Kier molecular flexibility index (Phi) is 4.53. The number of nitrogens with zero attached hydrogens (tertiary/aromatic N) is 4. The molecule has 0 bridgehead atoms. The van der Waals surface area contributed by atoms with Crippen LogP contribution in [0.4, 0.5) is 11.5 Å². The first-order valence-electron chi connectivity index (χ1n) is 7.87. The van der Waals surface area contributed by atoms with Gasteiger partial charge in [-0.3, -0.25) is 4.79 Å². The highest BCUT2D eigenvalue weighted by molar-refractivity contribution is 6.04. The highest BCUT2D eigenvalue weighted by atomic mass is 16.6. The van der Waals surface area contributed by atoms with E-state index in [9.17, 15) is 14.9 Å². The number of aryl methyl sites for hydroxylation is 2. The number of aromatic nitrogens is 3. The molecule has 26 heavy (non-hydrogen) atoms. The monoisotopic (exact) mass is 355 g/mol. The third-order valence-electron chi connectivity index (χ3n) is 4.19. The number of carbonyl (C=O) groups excluding carboxylic acids is 1. The van der Waals surface area contributed by atoms with Crippen molar-refractivity contribution in [3.8, 4) is 0 Å². The van der Waals surface area contributed by atoms with Gasteiger partial charge in [0.1, 0.15) is 5.76 Å². The van der Waals surface area contributed by atoms with Crippen LogP contribution >= 0.6 is 0 Å². The van der Waals surface area contributed by atoms with Gasteiger partial charge in [-0.05, 0) is 42.9 Å². The van der Waals surface area contributed by atoms with Gasteiger partial charge in [0, 0.05) is 5.69 Å². The predicted molar refractivity (Wildman–Crippen MR) is 93.1 cm³/mol. The van der Waals surface area contributed by atoms with Crippen LogP contribution < -0.4 is 5.32 Å². The van der Waals surface area contributed by atoms with Gasteiger partial charge in [0.2, 0.25) is 0 Å². The minimum Gasteiger partial charge on any atom is -0.361 e. The molecule has 0 unspecified atom stereocenters. The summed E-state index contributed by atoms with van der Waals surface area (Å²) in [5.74, 6) is -0.220. The molecule has 0 aliphatic rings. The molecule has 0 radical (unpaired) electrons. The summed E-state index contributed by atoms with van der Waals surface area (Å²) in [5, 5.41) is 21.3. The molecule has 3 aromatic rings. The second kappa shape index (κ2) is 6.79. The number of nitro groups is 1. The summed E-state index contributed by atoms with van der Waals surface area (Å²) < 4.78 is 6.52. The zero-order valence-corrected chi connectivity index (χ0v) is 14.5. The summed E-state index contributed by atoms with van der Waals surface area (Å²) in [6.07, 6.45) is 1.47. The SMILES string of the molecule is Cc1cccc(NC(=O)c2noc(C)c2Cn2ccc([N+](=O)[O-])n2)c1C. The van der Waals surface area contributed by atoms with Gasteiger partial charge in [0.25, 0.3) is 5.91 Å². The van der Waals surface area contributed by atoms with Crippen molar-refractivity contribution in [2.24, 2.45) is 0 Å². The smallest absolute Gasteiger partial charge is 0.361 e. The van der Waals surface area contributed by atoms with E-state index in [0.717, 1.165) is 11.1 Å². The Morgan fingerprint density at radius 1 is 1.31 bits per heavy atom. The maximum atomic E-state index is 12.6. The van der Waals surface area contributed by atoms with Gasteiger partial charge in [-0.1, -0.05) is 17.3 Å². The van der Waals surface area contributed by atoms with Gasteiger partial charge in [-0.25, -0.2) is 0 Å². The molecule has 0 aliphatic heterocycles. The van der Waals surface area contributed by atoms with E-state index in [0.29, 0.717) is 17.0 Å². The molecule has 9 nitrogen and oxygen atoms in total. The quantitative estimate of drug-likeness (QED) is 0.555. The Hall–Kier alpha value is -3.49. The lowest BCUT2D eigenvalue weighted by molar-refractivity contribution is -0.389. The highest BCUT2D eigenvalue weighted by Crippen LogP contribution is 2.21. The number of benzene rings is 1. The van der Waals surface area contributed by atoms with Crippen LogP contribution in [0.3, 0.4) is 0 Å². The number of hydrogen-bond donors (Lipinski definition) is 1. The number of rotatable bonds is 5. The topological polar surface area (TPSA) is 116 Å². The van der Waals surface area contributed by atoms with Crippen molar-refractivity contribution in [2.45, 2.75) is 27.3 Å². The standard InChI is InChI=1S/C17H17N5O4/c1-10-5-4-6-14(11(10)2)18-17(23)16-13(12(3)26-20-16)9-21-8-7-15(19-21)22(24)25/h4-8H,9H2,1-3H3,(H,18,23). The zero-order chi connectivity index (χ0) is 18.8. The number of carbonyl (C=O) groups is 1. The molecular formula is C17H17N5O4. The van der Waals surface area contributed by atoms with Crippen molar-refractivity contribution in [3.63, 3.8) is 0 Å². The Bertz CT molecular complexity index is 989. The number of anilines is 1. The van der Waals surface area contributed by atoms with Crippen LogP contribution in [0.2, 0.25) is 0 Å². The third kappa shape index (κ3) is 3.32. The third-order valence-corrected chi connectivity index (χ3v) is 4.19. The molecule has 0 saturated carbocycles. The molecule has 1 aromatic carbocycles. The molecule has 0 atom stereocenters. The van der Waals surface area contributed by atoms with Crippen molar-refractivity contribution in [3.05, 3.63) is 68.7 Å². The van der Waals surface area contributed by atoms with Crippen LogP contribution in [0.1, 0.15) is 32.9 Å². The molecule has 1 amide bonds. The molecule has 0 aliphatic carbocycles. The minimum absolute atomic E-state index is 0.126. The van der Waals surface area contributed by atoms with Crippen LogP contribution in [0.15, 0.2) is 35.0 Å². The molecular weight excluding hydrogens is 338 g/mol. The molecule has 3 rings (SSSR count). The van der Waals surface area contributed by atoms with E-state index >= 15 is 0 Å². The number of amides is 1. The fraction of sp³-hybridized carbons (Fsp3) is 0.235. The summed E-state index contributed by atoms with van der Waals surface area (Å²) in [5.41, 5.74) is 3.36. The Labute approximate surface area is 148 Å². The summed E-state index contributed by atoms with van der Waals surface area (Å²) in [7, 11) is 0. The van der Waals surface area contributed by atoms with Crippen LogP contribution in [-0.2, 0) is 6.54 Å². The average molecular weight is 355 g/mol. The van der Waals surface area contributed by atoms with E-state index in [2.05, 4.69) is 15.6 Å². The summed E-state index contributed by atoms with van der Waals surface area (Å²) in [6.45, 7) is 5.69. The summed E-state index contributed by atoms with van der Waals surface area (Å²) in [4.78, 5) is 22.8. The van der Waals surface area contributed by atoms with E-state index in [1.165, 1.54) is 16.9 Å². The summed E-state index contributed by atoms with van der Waals surface area (Å²) >= 11 is 0. The van der Waals surface area contributed by atoms with Gasteiger partial charge in [-0.15, -0.1) is 0 Å². The highest BCUT2D eigenvalue weighted by Gasteiger charge is 2.22. The molecule has 134 valence electrons. The zero-order valence-electron chi connectivity index (χ0n) is 14.5. The Morgan fingerprint density at radius 2 is 2.08 bits per heavy atom. The van der Waals surface area contributed by atoms with Gasteiger partial charge in [-0.2, -0.15) is 4.68 Å². The predicted octanol–water partition coefficient (Wildman–Crippen LogP) is 3.01. The largest absolute Gasteiger partial charge is 0.389 e. The average Bonchev–Trinajstić information content (AvgIpc) is 3.20. The van der Waals surface area contributed by atoms with E-state index in [1.807, 2.05) is 32.0 Å². The molecule has 0 spiro atoms. The maximum absolute atomic E-state index is 12.6. The van der Waals surface area contributed by atoms with Crippen LogP contribution in [0, 0.1) is 30.9 Å². The van der Waals surface area contributed by atoms with Crippen molar-refractivity contribution < 1.29 is 14.2 Å². The van der Waals surface area contributed by atoms with Crippen LogP contribution in [0.5, 0.6) is 0 Å². The lowest BCUT2D eigenvalue weighted by atomic mass is 10.1. The number of nitrogens with one attached hydrogen (secondary N) is 1. The van der Waals surface area contributed by atoms with Crippen molar-refractivity contribution in [2.75, 3.05) is 5.32 Å². The first-order chi connectivity index (χ1) is 12.4. The van der Waals surface area contributed by atoms with Gasteiger partial charge in [0.15, 0.2) is 5.69 Å². The second-order valence-electron chi connectivity index (χ2n) is 5.90. The summed E-state index contributed by atoms with van der Waals surface area (Å²) in [6, 6.07) is 6.92. The maximum Gasteiger partial charge on any atom is 0.389 e. The van der Waals surface area contributed by atoms with Gasteiger partial charge >= 0.3 is 5.82 Å². The van der Waals surface area contributed by atoms with Gasteiger partial charge in [0.05, 0.1) is 29.5 Å². The molecule has 2 aromatic heterocycles. The molecule has 0 fully saturated rings. The van der Waals surface area contributed by atoms with E-state index in [4.69, 9.17) is 4.52 Å². The fourth-order valence-electron chi connectivity index (χ4n) is 2.52. The minimum atomic E-state index is -0.578. The molecule has 2 heterocycles.